The van der Waals surface area contributed by atoms with Crippen molar-refractivity contribution in [2.75, 3.05) is 17.3 Å². The van der Waals surface area contributed by atoms with Crippen LogP contribution in [-0.4, -0.2) is 45.0 Å². The highest BCUT2D eigenvalue weighted by molar-refractivity contribution is 7.85. The minimum atomic E-state index is -4.49. The van der Waals surface area contributed by atoms with E-state index in [1.54, 1.807) is 36.2 Å². The van der Waals surface area contributed by atoms with E-state index in [0.29, 0.717) is 22.1 Å². The monoisotopic (exact) mass is 502 g/mol. The van der Waals surface area contributed by atoms with E-state index < -0.39 is 19.9 Å². The molecule has 0 amide bonds. The third kappa shape index (κ3) is 4.80. The highest BCUT2D eigenvalue weighted by Gasteiger charge is 2.16. The fourth-order valence-corrected chi connectivity index (χ4v) is 3.84. The first-order valence-electron chi connectivity index (χ1n) is 9.42. The Balaban J connectivity index is 1.68. The van der Waals surface area contributed by atoms with E-state index in [1.165, 1.54) is 24.3 Å². The summed E-state index contributed by atoms with van der Waals surface area (Å²) in [6, 6.07) is 12.7. The van der Waals surface area contributed by atoms with Gasteiger partial charge in [0.15, 0.2) is 0 Å². The number of aromatic hydroxyl groups is 1. The molecule has 0 spiro atoms. The number of anilines is 4. The smallest absolute Gasteiger partial charge is 0.294 e. The number of fused-ring (bicyclic) bond motifs is 1. The number of aromatic nitrogens is 3. The first kappa shape index (κ1) is 23.1. The molecule has 1 aromatic heterocycles. The lowest BCUT2D eigenvalue weighted by Gasteiger charge is -2.19. The van der Waals surface area contributed by atoms with Gasteiger partial charge in [0.05, 0.1) is 9.82 Å². The summed E-state index contributed by atoms with van der Waals surface area (Å²) < 4.78 is 32.0. The van der Waals surface area contributed by atoms with E-state index >= 15 is 0 Å². The van der Waals surface area contributed by atoms with Gasteiger partial charge >= 0.3 is 0 Å². The largest absolute Gasteiger partial charge is 0.507 e. The molecule has 0 aliphatic rings. The number of non-ortho nitro benzene ring substituents is 1. The van der Waals surface area contributed by atoms with Gasteiger partial charge in [0, 0.05) is 42.0 Å². The summed E-state index contributed by atoms with van der Waals surface area (Å²) in [5, 5.41) is 24.7. The lowest BCUT2D eigenvalue weighted by Crippen LogP contribution is -2.15. The molecule has 4 rings (SSSR count). The number of rotatable bonds is 6. The molecule has 3 aromatic carbocycles. The van der Waals surface area contributed by atoms with E-state index in [9.17, 15) is 28.2 Å². The van der Waals surface area contributed by atoms with Gasteiger partial charge in [-0.15, -0.1) is 0 Å². The van der Waals surface area contributed by atoms with E-state index in [-0.39, 0.29) is 28.6 Å². The van der Waals surface area contributed by atoms with Crippen LogP contribution in [0.1, 0.15) is 0 Å². The summed E-state index contributed by atoms with van der Waals surface area (Å²) in [6.07, 6.45) is 0. The molecule has 0 unspecified atom stereocenters. The number of phenolic OH excluding ortho intramolecular Hbond substituents is 1. The third-order valence-electron chi connectivity index (χ3n) is 4.78. The van der Waals surface area contributed by atoms with Gasteiger partial charge in [-0.25, -0.2) is 0 Å². The summed E-state index contributed by atoms with van der Waals surface area (Å²) in [5.41, 5.74) is 0.775. The second-order valence-corrected chi connectivity index (χ2v) is 8.80. The number of hydrogen-bond donors (Lipinski definition) is 3. The fourth-order valence-electron chi connectivity index (χ4n) is 3.14. The lowest BCUT2D eigenvalue weighted by atomic mass is 10.1. The van der Waals surface area contributed by atoms with Crippen molar-refractivity contribution >= 4 is 61.5 Å². The molecular formula is C20H15ClN6O6S. The Bertz CT molecular complexity index is 1550. The molecule has 14 heteroatoms. The Morgan fingerprint density at radius 3 is 2.56 bits per heavy atom. The van der Waals surface area contributed by atoms with Gasteiger partial charge in [-0.2, -0.15) is 23.4 Å². The molecule has 0 atom stereocenters. The zero-order valence-electron chi connectivity index (χ0n) is 17.2. The van der Waals surface area contributed by atoms with Crippen LogP contribution in [0.25, 0.3) is 10.8 Å². The van der Waals surface area contributed by atoms with Crippen molar-refractivity contribution in [3.63, 3.8) is 0 Å². The van der Waals surface area contributed by atoms with Crippen LogP contribution in [0.4, 0.5) is 29.0 Å². The molecule has 0 fully saturated rings. The van der Waals surface area contributed by atoms with Crippen molar-refractivity contribution in [2.24, 2.45) is 0 Å². The lowest BCUT2D eigenvalue weighted by molar-refractivity contribution is -0.384. The molecule has 34 heavy (non-hydrogen) atoms. The summed E-state index contributed by atoms with van der Waals surface area (Å²) in [4.78, 5) is 24.0. The zero-order valence-corrected chi connectivity index (χ0v) is 18.8. The number of nitrogens with zero attached hydrogens (tertiary/aromatic N) is 5. The number of nitro benzene ring substituents is 1. The summed E-state index contributed by atoms with van der Waals surface area (Å²) in [6.45, 7) is 0. The van der Waals surface area contributed by atoms with Gasteiger partial charge < -0.3 is 15.3 Å². The van der Waals surface area contributed by atoms with E-state index in [0.717, 1.165) is 6.07 Å². The quantitative estimate of drug-likeness (QED) is 0.197. The minimum absolute atomic E-state index is 0.0452. The zero-order chi connectivity index (χ0) is 24.6. The van der Waals surface area contributed by atoms with Gasteiger partial charge in [0.25, 0.3) is 15.8 Å². The van der Waals surface area contributed by atoms with Gasteiger partial charge in [-0.3, -0.25) is 14.7 Å². The van der Waals surface area contributed by atoms with Crippen LogP contribution >= 0.6 is 11.6 Å². The fraction of sp³-hybridized carbons (Fsp3) is 0.0500. The van der Waals surface area contributed by atoms with Gasteiger partial charge in [-0.05, 0) is 41.3 Å². The van der Waals surface area contributed by atoms with Crippen molar-refractivity contribution in [3.8, 4) is 5.75 Å². The maximum atomic E-state index is 11.4. The van der Waals surface area contributed by atoms with Crippen LogP contribution in [0, 0.1) is 10.1 Å². The van der Waals surface area contributed by atoms with Crippen LogP contribution in [0.15, 0.2) is 59.5 Å². The minimum Gasteiger partial charge on any atom is -0.507 e. The first-order valence-corrected chi connectivity index (χ1v) is 11.2. The standard InChI is InChI=1S/C20H15ClN6O6S/c1-26(13-6-5-11-7-15(34(31,32)33)10-17(28)16(11)9-13)20-24-18(21)23-19(25-20)22-12-3-2-4-14(8-12)27(29)30/h2-10,28H,1H3,(H,31,32,33)(H,22,23,24,25). The normalized spacial score (nSPS) is 11.4. The highest BCUT2D eigenvalue weighted by Crippen LogP contribution is 2.33. The second kappa shape index (κ2) is 8.70. The summed E-state index contributed by atoms with van der Waals surface area (Å²) in [7, 11) is -2.85. The predicted molar refractivity (Wildman–Crippen MR) is 125 cm³/mol. The molecule has 174 valence electrons. The van der Waals surface area contributed by atoms with Crippen LogP contribution in [0.2, 0.25) is 5.28 Å². The maximum absolute atomic E-state index is 11.4. The van der Waals surface area contributed by atoms with E-state index in [2.05, 4.69) is 20.3 Å². The van der Waals surface area contributed by atoms with Crippen LogP contribution in [-0.2, 0) is 10.1 Å². The maximum Gasteiger partial charge on any atom is 0.294 e. The molecule has 0 aliphatic carbocycles. The number of benzene rings is 3. The number of halogens is 1. The van der Waals surface area contributed by atoms with Crippen molar-refractivity contribution in [3.05, 3.63) is 70.0 Å². The Morgan fingerprint density at radius 2 is 1.85 bits per heavy atom. The molecule has 0 bridgehead atoms. The van der Waals surface area contributed by atoms with Gasteiger partial charge in [0.1, 0.15) is 5.75 Å². The third-order valence-corrected chi connectivity index (χ3v) is 5.78. The van der Waals surface area contributed by atoms with E-state index in [4.69, 9.17) is 11.6 Å². The predicted octanol–water partition coefficient (Wildman–Crippen LogP) is 4.05. The molecule has 0 radical (unpaired) electrons. The average Bonchev–Trinajstić information content (AvgIpc) is 2.77. The first-order chi connectivity index (χ1) is 16.0. The number of nitro groups is 1. The number of hydrogen-bond acceptors (Lipinski definition) is 10. The highest BCUT2D eigenvalue weighted by atomic mass is 35.5. The Labute approximate surface area is 197 Å². The SMILES string of the molecule is CN(c1ccc2cc(S(=O)(=O)O)cc(O)c2c1)c1nc(Cl)nc(Nc2cccc([N+](=O)[O-])c2)n1. The molecule has 4 aromatic rings. The molecule has 0 saturated heterocycles. The van der Waals surface area contributed by atoms with Crippen LogP contribution in [0.3, 0.4) is 0 Å². The second-order valence-electron chi connectivity index (χ2n) is 7.04. The van der Waals surface area contributed by atoms with Crippen molar-refractivity contribution in [2.45, 2.75) is 4.90 Å². The van der Waals surface area contributed by atoms with Crippen molar-refractivity contribution < 1.29 is 23.0 Å². The Hall–Kier alpha value is -4.07. The molecule has 1 heterocycles. The molecule has 12 nitrogen and oxygen atoms in total. The summed E-state index contributed by atoms with van der Waals surface area (Å²) >= 11 is 6.05. The van der Waals surface area contributed by atoms with Gasteiger partial charge in [0.2, 0.25) is 17.2 Å². The molecule has 0 aliphatic heterocycles. The van der Waals surface area contributed by atoms with Gasteiger partial charge in [-0.1, -0.05) is 12.1 Å². The molecule has 3 N–H and O–H groups in total. The molecular weight excluding hydrogens is 488 g/mol. The topological polar surface area (TPSA) is 172 Å². The average molecular weight is 503 g/mol. The van der Waals surface area contributed by atoms with Crippen LogP contribution in [0.5, 0.6) is 5.75 Å². The summed E-state index contributed by atoms with van der Waals surface area (Å²) in [5.74, 6) is -0.174. The Morgan fingerprint density at radius 1 is 1.09 bits per heavy atom. The number of nitrogens with one attached hydrogen (secondary N) is 1. The van der Waals surface area contributed by atoms with Crippen LogP contribution < -0.4 is 10.2 Å². The van der Waals surface area contributed by atoms with Crippen molar-refractivity contribution in [1.82, 2.24) is 15.0 Å². The number of phenols is 1. The van der Waals surface area contributed by atoms with E-state index in [1.807, 2.05) is 0 Å². The van der Waals surface area contributed by atoms with Crippen molar-refractivity contribution in [1.29, 1.82) is 0 Å². The molecule has 0 saturated carbocycles. The Kier molecular flexibility index (Phi) is 5.91.